The molecular weight excluding hydrogens is 286 g/mol. The van der Waals surface area contributed by atoms with Crippen LogP contribution in [0.25, 0.3) is 5.65 Å². The second-order valence-corrected chi connectivity index (χ2v) is 5.45. The van der Waals surface area contributed by atoms with E-state index in [1.54, 1.807) is 10.6 Å². The second kappa shape index (κ2) is 6.62. The molecule has 0 atom stereocenters. The lowest BCUT2D eigenvalue weighted by molar-refractivity contribution is 0.899. The molecule has 3 rings (SSSR count). The fraction of sp³-hybridized carbons (Fsp3) is 0.316. The summed E-state index contributed by atoms with van der Waals surface area (Å²) in [7, 11) is 0. The number of rotatable bonds is 2. The van der Waals surface area contributed by atoms with Crippen molar-refractivity contribution in [3.63, 3.8) is 0 Å². The first kappa shape index (κ1) is 15.2. The minimum absolute atomic E-state index is 0.0594. The zero-order valence-corrected chi connectivity index (χ0v) is 13.5. The van der Waals surface area contributed by atoms with Crippen LogP contribution in [0.1, 0.15) is 37.1 Å². The zero-order chi connectivity index (χ0) is 16.2. The fourth-order valence-corrected chi connectivity index (χ4v) is 2.79. The molecule has 1 aliphatic rings. The Morgan fingerprint density at radius 3 is 3.13 bits per heavy atom. The van der Waals surface area contributed by atoms with Gasteiger partial charge in [-0.25, -0.2) is 4.98 Å². The number of aliphatic imine (C=N–C) groups is 1. The van der Waals surface area contributed by atoms with Crippen LogP contribution in [-0.2, 0) is 12.8 Å². The van der Waals surface area contributed by atoms with Crippen molar-refractivity contribution in [3.8, 4) is 11.8 Å². The van der Waals surface area contributed by atoms with E-state index < -0.39 is 0 Å². The zero-order valence-electron chi connectivity index (χ0n) is 13.5. The number of aromatic nitrogens is 2. The van der Waals surface area contributed by atoms with Gasteiger partial charge in [0.15, 0.2) is 0 Å². The van der Waals surface area contributed by atoms with Crippen LogP contribution in [0, 0.1) is 11.8 Å². The highest BCUT2D eigenvalue weighted by Gasteiger charge is 2.17. The highest BCUT2D eigenvalue weighted by Crippen LogP contribution is 2.17. The maximum atomic E-state index is 12.4. The van der Waals surface area contributed by atoms with Crippen LogP contribution in [0.5, 0.6) is 0 Å². The Morgan fingerprint density at radius 2 is 2.35 bits per heavy atom. The van der Waals surface area contributed by atoms with Gasteiger partial charge in [-0.1, -0.05) is 12.0 Å². The van der Waals surface area contributed by atoms with Gasteiger partial charge >= 0.3 is 0 Å². The molecule has 4 nitrogen and oxygen atoms in total. The number of hydrogen-bond acceptors (Lipinski definition) is 3. The van der Waals surface area contributed by atoms with Gasteiger partial charge in [-0.3, -0.25) is 14.2 Å². The van der Waals surface area contributed by atoms with Crippen LogP contribution in [0.2, 0.25) is 0 Å². The monoisotopic (exact) mass is 305 g/mol. The summed E-state index contributed by atoms with van der Waals surface area (Å²) < 4.78 is 1.61. The molecule has 0 saturated carbocycles. The molecule has 0 bridgehead atoms. The van der Waals surface area contributed by atoms with Gasteiger partial charge in [0, 0.05) is 23.9 Å². The van der Waals surface area contributed by atoms with Gasteiger partial charge in [-0.15, -0.1) is 0 Å². The molecule has 0 amide bonds. The minimum atomic E-state index is 0.0594. The van der Waals surface area contributed by atoms with Gasteiger partial charge in [-0.05, 0) is 57.2 Å². The Hall–Kier alpha value is -2.67. The molecule has 2 heterocycles. The lowest BCUT2D eigenvalue weighted by atomic mass is 10.2. The van der Waals surface area contributed by atoms with E-state index in [-0.39, 0.29) is 5.56 Å². The van der Waals surface area contributed by atoms with Crippen LogP contribution in [-0.4, -0.2) is 21.6 Å². The van der Waals surface area contributed by atoms with E-state index >= 15 is 0 Å². The molecule has 0 fully saturated rings. The average molecular weight is 305 g/mol. The first-order valence-electron chi connectivity index (χ1n) is 7.96. The van der Waals surface area contributed by atoms with Crippen LogP contribution in [0.4, 0.5) is 0 Å². The molecule has 4 heteroatoms. The Morgan fingerprint density at radius 1 is 1.48 bits per heavy atom. The summed E-state index contributed by atoms with van der Waals surface area (Å²) in [6.45, 7) is 4.63. The SMILES string of the molecule is C/C=C\C(C#Cc1ccn2c(=O)c3c(nc2c1)CCC3)=NCC. The Labute approximate surface area is 135 Å². The highest BCUT2D eigenvalue weighted by molar-refractivity contribution is 6.09. The molecule has 2 aromatic rings. The number of fused-ring (bicyclic) bond motifs is 2. The van der Waals surface area contributed by atoms with Crippen molar-refractivity contribution < 1.29 is 0 Å². The summed E-state index contributed by atoms with van der Waals surface area (Å²) in [6, 6.07) is 3.72. The summed E-state index contributed by atoms with van der Waals surface area (Å²) in [5.74, 6) is 6.17. The van der Waals surface area contributed by atoms with Crippen molar-refractivity contribution in [2.24, 2.45) is 4.99 Å². The molecule has 0 spiro atoms. The first-order valence-corrected chi connectivity index (χ1v) is 7.96. The summed E-state index contributed by atoms with van der Waals surface area (Å²) in [5.41, 5.74) is 4.14. The molecule has 116 valence electrons. The minimum Gasteiger partial charge on any atom is -0.277 e. The Bertz CT molecular complexity index is 923. The van der Waals surface area contributed by atoms with Crippen molar-refractivity contribution in [2.75, 3.05) is 6.54 Å². The highest BCUT2D eigenvalue weighted by atomic mass is 16.1. The molecule has 0 radical (unpaired) electrons. The second-order valence-electron chi connectivity index (χ2n) is 5.45. The first-order chi connectivity index (χ1) is 11.2. The van der Waals surface area contributed by atoms with E-state index in [0.717, 1.165) is 41.8 Å². The molecule has 1 aliphatic carbocycles. The van der Waals surface area contributed by atoms with E-state index in [0.29, 0.717) is 12.2 Å². The third kappa shape index (κ3) is 3.09. The quantitative estimate of drug-likeness (QED) is 0.632. The number of pyridine rings is 1. The average Bonchev–Trinajstić information content (AvgIpc) is 3.01. The van der Waals surface area contributed by atoms with E-state index in [1.807, 2.05) is 38.1 Å². The van der Waals surface area contributed by atoms with E-state index in [1.165, 1.54) is 0 Å². The number of hydrogen-bond donors (Lipinski definition) is 0. The smallest absolute Gasteiger partial charge is 0.261 e. The molecule has 0 N–H and O–H groups in total. The van der Waals surface area contributed by atoms with E-state index in [4.69, 9.17) is 0 Å². The number of aryl methyl sites for hydroxylation is 1. The predicted molar refractivity (Wildman–Crippen MR) is 93.2 cm³/mol. The Balaban J connectivity index is 2.03. The van der Waals surface area contributed by atoms with Crippen molar-refractivity contribution in [1.82, 2.24) is 9.38 Å². The van der Waals surface area contributed by atoms with Crippen LogP contribution in [0.3, 0.4) is 0 Å². The lowest BCUT2D eigenvalue weighted by Crippen LogP contribution is -2.19. The van der Waals surface area contributed by atoms with Crippen molar-refractivity contribution in [1.29, 1.82) is 0 Å². The molecule has 0 aromatic carbocycles. The van der Waals surface area contributed by atoms with Crippen LogP contribution in [0.15, 0.2) is 40.3 Å². The Kier molecular flexibility index (Phi) is 4.38. The fourth-order valence-electron chi connectivity index (χ4n) is 2.79. The van der Waals surface area contributed by atoms with Gasteiger partial charge in [0.1, 0.15) is 11.4 Å². The van der Waals surface area contributed by atoms with E-state index in [9.17, 15) is 4.79 Å². The topological polar surface area (TPSA) is 46.7 Å². The molecule has 0 saturated heterocycles. The van der Waals surface area contributed by atoms with Gasteiger partial charge in [-0.2, -0.15) is 0 Å². The standard InChI is InChI=1S/C19H19N3O/c1-3-6-15(20-4-2)10-9-14-11-12-22-18(13-14)21-17-8-5-7-16(17)19(22)23/h3,6,11-13H,4-5,7-8H2,1-2H3/b6-3-,20-15?. The predicted octanol–water partition coefficient (Wildman–Crippen LogP) is 2.57. The summed E-state index contributed by atoms with van der Waals surface area (Å²) in [4.78, 5) is 21.4. The molecule has 0 unspecified atom stereocenters. The largest absolute Gasteiger partial charge is 0.277 e. The number of nitrogens with zero attached hydrogens (tertiary/aromatic N) is 3. The number of allylic oxidation sites excluding steroid dienone is 2. The van der Waals surface area contributed by atoms with E-state index in [2.05, 4.69) is 21.8 Å². The third-order valence-electron chi connectivity index (χ3n) is 3.84. The summed E-state index contributed by atoms with van der Waals surface area (Å²) >= 11 is 0. The van der Waals surface area contributed by atoms with Crippen LogP contribution < -0.4 is 5.56 Å². The van der Waals surface area contributed by atoms with Gasteiger partial charge in [0.05, 0.1) is 5.69 Å². The normalized spacial score (nSPS) is 14.1. The third-order valence-corrected chi connectivity index (χ3v) is 3.84. The van der Waals surface area contributed by atoms with Crippen LogP contribution >= 0.6 is 0 Å². The van der Waals surface area contributed by atoms with Gasteiger partial charge < -0.3 is 0 Å². The van der Waals surface area contributed by atoms with Crippen molar-refractivity contribution in [3.05, 3.63) is 57.7 Å². The summed E-state index contributed by atoms with van der Waals surface area (Å²) in [6.07, 6.45) is 8.33. The van der Waals surface area contributed by atoms with Gasteiger partial charge in [0.25, 0.3) is 5.56 Å². The molecule has 23 heavy (non-hydrogen) atoms. The maximum absolute atomic E-state index is 12.4. The molecule has 0 aliphatic heterocycles. The van der Waals surface area contributed by atoms with Crippen molar-refractivity contribution >= 4 is 11.4 Å². The maximum Gasteiger partial charge on any atom is 0.261 e. The summed E-state index contributed by atoms with van der Waals surface area (Å²) in [5, 5.41) is 0. The van der Waals surface area contributed by atoms with Crippen molar-refractivity contribution in [2.45, 2.75) is 33.1 Å². The van der Waals surface area contributed by atoms with Gasteiger partial charge in [0.2, 0.25) is 0 Å². The molecule has 2 aromatic heterocycles. The lowest BCUT2D eigenvalue weighted by Gasteiger charge is -2.04. The molecular formula is C19H19N3O.